The Balaban J connectivity index is 1.53. The molecule has 35 heavy (non-hydrogen) atoms. The fraction of sp³-hybridized carbons (Fsp3) is 0.308. The Morgan fingerprint density at radius 2 is 1.74 bits per heavy atom. The third-order valence-electron chi connectivity index (χ3n) is 5.61. The Bertz CT molecular complexity index is 1130. The standard InChI is InChI=1S/C26H27F2NO5S/c27-22-14-21(24(35)15-23(22)28)19-6-3-17(4-7-19)1-2-18-5-8-20(13-18)26(33)29(16-25(31)32)9-11-34-12-10-30/h3-8,14-15,30,35H,1-2,9-13,16H2,(H,31,32). The maximum absolute atomic E-state index is 13.6. The number of aliphatic carboxylic acids is 1. The van der Waals surface area contributed by atoms with Gasteiger partial charge in [0.15, 0.2) is 11.6 Å². The van der Waals surface area contributed by atoms with Crippen LogP contribution in [-0.4, -0.2) is 59.9 Å². The first-order chi connectivity index (χ1) is 16.8. The van der Waals surface area contributed by atoms with Gasteiger partial charge in [0.1, 0.15) is 6.54 Å². The number of aliphatic hydroxyl groups is 1. The van der Waals surface area contributed by atoms with E-state index in [4.69, 9.17) is 14.9 Å². The smallest absolute Gasteiger partial charge is 0.323 e. The lowest BCUT2D eigenvalue weighted by molar-refractivity contribution is -0.143. The highest BCUT2D eigenvalue weighted by atomic mass is 32.1. The van der Waals surface area contributed by atoms with Crippen LogP contribution in [0.2, 0.25) is 0 Å². The van der Waals surface area contributed by atoms with Crippen LogP contribution in [0.1, 0.15) is 18.4 Å². The predicted molar refractivity (Wildman–Crippen MR) is 130 cm³/mol. The summed E-state index contributed by atoms with van der Waals surface area (Å²) < 4.78 is 32.1. The molecule has 2 aromatic carbocycles. The number of aliphatic hydroxyl groups excluding tert-OH is 1. The number of halogens is 2. The summed E-state index contributed by atoms with van der Waals surface area (Å²) in [4.78, 5) is 25.6. The lowest BCUT2D eigenvalue weighted by Gasteiger charge is -2.21. The van der Waals surface area contributed by atoms with Crippen LogP contribution in [0.4, 0.5) is 8.78 Å². The number of carbonyl (C=O) groups excluding carboxylic acids is 1. The maximum atomic E-state index is 13.6. The highest BCUT2D eigenvalue weighted by molar-refractivity contribution is 7.80. The third-order valence-corrected chi connectivity index (χ3v) is 5.98. The number of nitrogens with zero attached hydrogens (tertiary/aromatic N) is 1. The van der Waals surface area contributed by atoms with Gasteiger partial charge in [0.25, 0.3) is 5.91 Å². The Labute approximate surface area is 207 Å². The first kappa shape index (κ1) is 26.6. The van der Waals surface area contributed by atoms with E-state index in [1.165, 1.54) is 4.90 Å². The van der Waals surface area contributed by atoms with Crippen LogP contribution in [0.15, 0.2) is 64.6 Å². The summed E-state index contributed by atoms with van der Waals surface area (Å²) in [7, 11) is 0. The molecule has 0 radical (unpaired) electrons. The minimum atomic E-state index is -1.11. The fourth-order valence-electron chi connectivity index (χ4n) is 3.78. The van der Waals surface area contributed by atoms with Crippen LogP contribution in [0.25, 0.3) is 11.1 Å². The summed E-state index contributed by atoms with van der Waals surface area (Å²) in [5.41, 5.74) is 3.87. The summed E-state index contributed by atoms with van der Waals surface area (Å²) in [6, 6.07) is 9.69. The molecule has 0 saturated heterocycles. The second-order valence-electron chi connectivity index (χ2n) is 8.13. The Morgan fingerprint density at radius 1 is 1.03 bits per heavy atom. The van der Waals surface area contributed by atoms with E-state index in [9.17, 15) is 18.4 Å². The van der Waals surface area contributed by atoms with Gasteiger partial charge >= 0.3 is 5.97 Å². The molecule has 186 valence electrons. The van der Waals surface area contributed by atoms with Gasteiger partial charge in [-0.3, -0.25) is 9.59 Å². The van der Waals surface area contributed by atoms with Gasteiger partial charge in [0.05, 0.1) is 19.8 Å². The Hall–Kier alpha value is -3.01. The first-order valence-electron chi connectivity index (χ1n) is 11.1. The van der Waals surface area contributed by atoms with Crippen molar-refractivity contribution in [3.63, 3.8) is 0 Å². The van der Waals surface area contributed by atoms with Crippen molar-refractivity contribution in [3.05, 3.63) is 76.9 Å². The molecule has 0 atom stereocenters. The highest BCUT2D eigenvalue weighted by Crippen LogP contribution is 2.30. The molecule has 9 heteroatoms. The summed E-state index contributed by atoms with van der Waals surface area (Å²) in [6.45, 7) is -0.180. The van der Waals surface area contributed by atoms with Crippen molar-refractivity contribution in [3.8, 4) is 11.1 Å². The van der Waals surface area contributed by atoms with Crippen molar-refractivity contribution in [2.75, 3.05) is 32.9 Å². The second-order valence-corrected chi connectivity index (χ2v) is 8.61. The van der Waals surface area contributed by atoms with Gasteiger partial charge in [0.2, 0.25) is 0 Å². The maximum Gasteiger partial charge on any atom is 0.323 e. The van der Waals surface area contributed by atoms with Crippen LogP contribution in [-0.2, 0) is 20.7 Å². The van der Waals surface area contributed by atoms with E-state index in [2.05, 4.69) is 12.6 Å². The number of carboxylic acid groups (broad SMARTS) is 1. The van der Waals surface area contributed by atoms with Crippen LogP contribution in [0, 0.1) is 11.6 Å². The normalized spacial score (nSPS) is 12.9. The molecule has 0 heterocycles. The highest BCUT2D eigenvalue weighted by Gasteiger charge is 2.23. The van der Waals surface area contributed by atoms with E-state index >= 15 is 0 Å². The molecule has 0 fully saturated rings. The molecule has 0 aliphatic heterocycles. The average molecular weight is 504 g/mol. The van der Waals surface area contributed by atoms with Crippen molar-refractivity contribution in [1.29, 1.82) is 0 Å². The van der Waals surface area contributed by atoms with Crippen molar-refractivity contribution in [1.82, 2.24) is 4.90 Å². The van der Waals surface area contributed by atoms with E-state index < -0.39 is 24.1 Å². The molecule has 1 aliphatic carbocycles. The molecule has 3 rings (SSSR count). The SMILES string of the molecule is O=C(O)CN(CCOCCO)C(=O)C1=CC=C(CCc2ccc(-c3cc(F)c(F)cc3S)cc2)C1. The van der Waals surface area contributed by atoms with Gasteiger partial charge < -0.3 is 19.8 Å². The number of benzene rings is 2. The lowest BCUT2D eigenvalue weighted by atomic mass is 9.99. The van der Waals surface area contributed by atoms with Gasteiger partial charge in [-0.15, -0.1) is 12.6 Å². The zero-order valence-corrected chi connectivity index (χ0v) is 19.9. The predicted octanol–water partition coefficient (Wildman–Crippen LogP) is 4.03. The molecule has 2 aromatic rings. The molecule has 0 saturated carbocycles. The van der Waals surface area contributed by atoms with E-state index in [-0.39, 0.29) is 32.3 Å². The van der Waals surface area contributed by atoms with E-state index in [0.29, 0.717) is 28.9 Å². The van der Waals surface area contributed by atoms with E-state index in [1.54, 1.807) is 6.08 Å². The molecule has 1 aliphatic rings. The minimum Gasteiger partial charge on any atom is -0.480 e. The Morgan fingerprint density at radius 3 is 2.43 bits per heavy atom. The lowest BCUT2D eigenvalue weighted by Crippen LogP contribution is -2.38. The first-order valence-corrected chi connectivity index (χ1v) is 11.6. The molecule has 6 nitrogen and oxygen atoms in total. The number of hydrogen-bond donors (Lipinski definition) is 3. The van der Waals surface area contributed by atoms with Crippen molar-refractivity contribution in [2.24, 2.45) is 0 Å². The zero-order valence-electron chi connectivity index (χ0n) is 19.0. The number of ether oxygens (including phenoxy) is 1. The molecular weight excluding hydrogens is 476 g/mol. The topological polar surface area (TPSA) is 87.1 Å². The van der Waals surface area contributed by atoms with Gasteiger partial charge in [0, 0.05) is 17.0 Å². The Kier molecular flexibility index (Phi) is 9.59. The quantitative estimate of drug-likeness (QED) is 0.301. The van der Waals surface area contributed by atoms with Crippen LogP contribution < -0.4 is 0 Å². The average Bonchev–Trinajstić information content (AvgIpc) is 3.31. The summed E-state index contributed by atoms with van der Waals surface area (Å²) in [6.07, 6.45) is 5.50. The molecule has 0 spiro atoms. The molecule has 1 amide bonds. The number of allylic oxidation sites excluding steroid dienone is 3. The number of carbonyl (C=O) groups is 2. The zero-order chi connectivity index (χ0) is 25.4. The van der Waals surface area contributed by atoms with Gasteiger partial charge in [-0.05, 0) is 48.1 Å². The summed E-state index contributed by atoms with van der Waals surface area (Å²) in [5.74, 6) is -3.31. The largest absolute Gasteiger partial charge is 0.480 e. The van der Waals surface area contributed by atoms with Gasteiger partial charge in [-0.1, -0.05) is 42.0 Å². The number of hydrogen-bond acceptors (Lipinski definition) is 5. The van der Waals surface area contributed by atoms with E-state index in [0.717, 1.165) is 35.3 Å². The van der Waals surface area contributed by atoms with E-state index in [1.807, 2.05) is 30.3 Å². The van der Waals surface area contributed by atoms with Gasteiger partial charge in [-0.2, -0.15) is 0 Å². The molecular formula is C26H27F2NO5S. The monoisotopic (exact) mass is 503 g/mol. The molecule has 2 N–H and O–H groups in total. The van der Waals surface area contributed by atoms with Crippen LogP contribution >= 0.6 is 12.6 Å². The number of thiol groups is 1. The fourth-order valence-corrected chi connectivity index (χ4v) is 4.09. The molecule has 0 unspecified atom stereocenters. The number of amides is 1. The second kappa shape index (κ2) is 12.6. The summed E-state index contributed by atoms with van der Waals surface area (Å²) >= 11 is 4.24. The third kappa shape index (κ3) is 7.48. The van der Waals surface area contributed by atoms with Crippen LogP contribution in [0.3, 0.4) is 0 Å². The number of carboxylic acids is 1. The van der Waals surface area contributed by atoms with Crippen molar-refractivity contribution >= 4 is 24.5 Å². The number of rotatable bonds is 12. The molecule has 0 bridgehead atoms. The summed E-state index contributed by atoms with van der Waals surface area (Å²) in [5, 5.41) is 17.9. The van der Waals surface area contributed by atoms with Crippen molar-refractivity contribution in [2.45, 2.75) is 24.2 Å². The minimum absolute atomic E-state index is 0.121. The van der Waals surface area contributed by atoms with Crippen LogP contribution in [0.5, 0.6) is 0 Å². The van der Waals surface area contributed by atoms with Gasteiger partial charge in [-0.25, -0.2) is 8.78 Å². The van der Waals surface area contributed by atoms with Crippen molar-refractivity contribution < 1.29 is 33.3 Å². The molecule has 0 aromatic heterocycles. The number of aryl methyl sites for hydroxylation is 1.